The van der Waals surface area contributed by atoms with Crippen molar-refractivity contribution in [2.24, 2.45) is 17.4 Å². The van der Waals surface area contributed by atoms with Crippen LogP contribution >= 0.6 is 0 Å². The maximum Gasteiger partial charge on any atom is 0.247 e. The fourth-order valence-corrected chi connectivity index (χ4v) is 15.1. The molecule has 34 nitrogen and oxygen atoms in total. The lowest BCUT2D eigenvalue weighted by atomic mass is 9.99. The number of aliphatic hydroxyl groups excluding tert-OH is 1. The van der Waals surface area contributed by atoms with Crippen molar-refractivity contribution >= 4 is 105 Å². The Morgan fingerprint density at radius 1 is 0.590 bits per heavy atom. The number of aliphatic hydroxyl groups is 1. The fraction of sp³-hybridized carbons (Fsp3) is 0.448. The number of nitrogens with zero attached hydrogens (tertiary/aromatic N) is 4. The van der Waals surface area contributed by atoms with Gasteiger partial charge >= 0.3 is 0 Å². The zero-order chi connectivity index (χ0) is 88.4. The van der Waals surface area contributed by atoms with Gasteiger partial charge in [-0.3, -0.25) is 67.1 Å². The van der Waals surface area contributed by atoms with Crippen LogP contribution < -0.4 is 59.3 Å². The average Bonchev–Trinajstić information content (AvgIpc) is 1.56. The number of benzene rings is 5. The molecule has 9 rings (SSSR count). The number of halogens is 1. The summed E-state index contributed by atoms with van der Waals surface area (Å²) in [5.41, 5.74) is 15.1. The number of para-hydroxylation sites is 1. The van der Waals surface area contributed by atoms with Gasteiger partial charge in [-0.15, -0.1) is 0 Å². The highest BCUT2D eigenvalue weighted by Crippen LogP contribution is 2.35. The zero-order valence-electron chi connectivity index (χ0n) is 69.4. The molecule has 2 aromatic heterocycles. The molecule has 11 atom stereocenters. The maximum absolute atomic E-state index is 15.9. The van der Waals surface area contributed by atoms with Crippen molar-refractivity contribution in [3.8, 4) is 11.5 Å². The van der Waals surface area contributed by atoms with Crippen molar-refractivity contribution in [3.63, 3.8) is 0 Å². The quantitative estimate of drug-likeness (QED) is 0.0309. The van der Waals surface area contributed by atoms with E-state index < -0.39 is 175 Å². The smallest absolute Gasteiger partial charge is 0.247 e. The lowest BCUT2D eigenvalue weighted by Crippen LogP contribution is -2.63. The van der Waals surface area contributed by atoms with Crippen LogP contribution in [0.15, 0.2) is 134 Å². The molecule has 122 heavy (non-hydrogen) atoms. The molecule has 2 aliphatic rings. The summed E-state index contributed by atoms with van der Waals surface area (Å²) >= 11 is 0. The van der Waals surface area contributed by atoms with E-state index in [-0.39, 0.29) is 108 Å². The van der Waals surface area contributed by atoms with Gasteiger partial charge in [0.15, 0.2) is 0 Å². The molecule has 0 unspecified atom stereocenters. The van der Waals surface area contributed by atoms with Crippen LogP contribution in [0.1, 0.15) is 119 Å². The van der Waals surface area contributed by atoms with Crippen molar-refractivity contribution < 1.29 is 86.8 Å². The number of aryl methyl sites for hydroxylation is 1. The molecule has 0 spiro atoms. The highest BCUT2D eigenvalue weighted by Gasteiger charge is 2.46. The molecule has 1 aliphatic carbocycles. The third-order valence-electron chi connectivity index (χ3n) is 22.3. The van der Waals surface area contributed by atoms with Crippen molar-refractivity contribution in [2.45, 2.75) is 189 Å². The van der Waals surface area contributed by atoms with Crippen LogP contribution in [-0.2, 0) is 99.2 Å². The molecule has 2 fully saturated rings. The number of phenolic OH excluding ortho intramolecular Hbond substituents is 2. The molecule has 1 saturated heterocycles. The predicted molar refractivity (Wildman–Crippen MR) is 449 cm³/mol. The number of hydrogen-bond donors (Lipinski definition) is 16. The number of unbranched alkanes of at least 4 members (excludes halogenated alkanes) is 2. The topological polar surface area (TPSA) is 505 Å². The van der Waals surface area contributed by atoms with Gasteiger partial charge in [0.2, 0.25) is 82.7 Å². The molecule has 35 heteroatoms. The molecular weight excluding hydrogens is 1570 g/mol. The molecule has 5 aromatic carbocycles. The zero-order valence-corrected chi connectivity index (χ0v) is 69.4. The van der Waals surface area contributed by atoms with Gasteiger partial charge in [0.25, 0.3) is 0 Å². The van der Waals surface area contributed by atoms with Crippen molar-refractivity contribution in [3.05, 3.63) is 167 Å². The average molecular weight is 1690 g/mol. The Morgan fingerprint density at radius 3 is 1.82 bits per heavy atom. The van der Waals surface area contributed by atoms with Gasteiger partial charge in [0.05, 0.1) is 6.61 Å². The van der Waals surface area contributed by atoms with E-state index in [1.165, 1.54) is 83.6 Å². The summed E-state index contributed by atoms with van der Waals surface area (Å²) in [4.78, 5) is 218. The van der Waals surface area contributed by atoms with Crippen LogP contribution in [0.3, 0.4) is 0 Å². The second-order valence-corrected chi connectivity index (χ2v) is 31.3. The minimum Gasteiger partial charge on any atom is -0.508 e. The molecule has 18 N–H and O–H groups in total. The lowest BCUT2D eigenvalue weighted by molar-refractivity contribution is -0.150. The van der Waals surface area contributed by atoms with Crippen LogP contribution in [0, 0.1) is 11.7 Å². The highest BCUT2D eigenvalue weighted by molar-refractivity contribution is 6.01. The first-order chi connectivity index (χ1) is 58.3. The molecular formula is C87H112FN17O17. The molecule has 3 heterocycles. The van der Waals surface area contributed by atoms with E-state index in [4.69, 9.17) is 11.5 Å². The number of aromatic hydroxyl groups is 2. The molecule has 7 aromatic rings. The highest BCUT2D eigenvalue weighted by atomic mass is 19.1. The van der Waals surface area contributed by atoms with E-state index in [1.807, 2.05) is 0 Å². The number of nitrogens with one attached hydrogen (secondary N) is 11. The minimum atomic E-state index is -1.84. The summed E-state index contributed by atoms with van der Waals surface area (Å²) in [6.07, 6.45) is 2.98. The van der Waals surface area contributed by atoms with Crippen LogP contribution in [-0.4, -0.2) is 248 Å². The summed E-state index contributed by atoms with van der Waals surface area (Å²) in [5.74, 6) is -13.7. The Morgan fingerprint density at radius 2 is 1.18 bits per heavy atom. The standard InChI is InChI=1S/C87H112FN17O17/c1-50(107)91-40-15-13-23-71-82(117)99-68(44-57-47-93-64-37-36-60(110)45-62(57)64)80(115)98-69(43-56-46-92-63-20-11-10-19-61(56)63)81(116)101-76(55-30-31-55)87(122)105(6)74(86(121)104(5)73(42-54-25-32-58(88)33-26-54)83(118)96-65(77(90)112)21-12-14-39-89)48-94-75(111)24-16-22-66(95-51(2)108)78(113)97-67(41-53-27-34-59(109)35-28-53)79(114)100-70(49-106)84(119)103(4)72(85(120)102(71)3)38-29-52-17-8-7-9-18-52/h7-11,17-20,25-28,32-37,45-47,55,65-74,76,92-93,106,109-110H,12-16,21-24,29-31,38-44,48-49,89H2,1-6H3,(H2,90,112)(H,91,107)(H,94,111)(H,95,108)(H,96,118)(H,97,113)(H,98,115)(H,99,117)(H,100,114)(H,101,116)/t65-,66-,67-,68-,69-,70-,71-,72-,73-,74-,76-/m0/s1. The van der Waals surface area contributed by atoms with Crippen molar-refractivity contribution in [1.29, 1.82) is 0 Å². The third-order valence-corrected chi connectivity index (χ3v) is 22.3. The van der Waals surface area contributed by atoms with Gasteiger partial charge in [-0.2, -0.15) is 0 Å². The molecule has 0 radical (unpaired) electrons. The Hall–Kier alpha value is -12.8. The Balaban J connectivity index is 1.16. The number of fused-ring (bicyclic) bond motifs is 2. The second kappa shape index (κ2) is 44.5. The first kappa shape index (κ1) is 93.1. The molecule has 1 saturated carbocycles. The first-order valence-electron chi connectivity index (χ1n) is 41.0. The Bertz CT molecular complexity index is 4850. The van der Waals surface area contributed by atoms with Crippen LogP contribution in [0.2, 0.25) is 0 Å². The van der Waals surface area contributed by atoms with Gasteiger partial charge in [-0.25, -0.2) is 4.39 Å². The van der Waals surface area contributed by atoms with Gasteiger partial charge < -0.3 is 104 Å². The number of aromatic nitrogens is 2. The predicted octanol–water partition coefficient (Wildman–Crippen LogP) is 1.45. The summed E-state index contributed by atoms with van der Waals surface area (Å²) < 4.78 is 14.5. The number of carbonyl (C=O) groups is 14. The number of nitrogens with two attached hydrogens (primary N) is 2. The largest absolute Gasteiger partial charge is 0.508 e. The Kier molecular flexibility index (Phi) is 33.9. The maximum atomic E-state index is 15.9. The van der Waals surface area contributed by atoms with Gasteiger partial charge in [0, 0.05) is 121 Å². The van der Waals surface area contributed by atoms with Gasteiger partial charge in [0.1, 0.15) is 83.8 Å². The Labute approximate surface area is 705 Å². The molecule has 0 bridgehead atoms. The van der Waals surface area contributed by atoms with E-state index in [9.17, 15) is 53.3 Å². The van der Waals surface area contributed by atoms with E-state index >= 15 is 33.6 Å². The van der Waals surface area contributed by atoms with Gasteiger partial charge in [-0.1, -0.05) is 72.8 Å². The SMILES string of the molecule is CC(=O)NCCCC[C@H]1C(=O)N[C@@H](Cc2c[nH]c3ccc(O)cc23)C(=O)N[C@@H](Cc2c[nH]c3ccccc23)C(=O)N[C@@H](C2CC2)C(=O)N(C)[C@H](C(=O)N(C)[C@@H](Cc2ccc(F)cc2)C(=O)N[C@@H](CCCCN)C(N)=O)CNC(=O)CCC[C@H](NC(C)=O)C(=O)N[C@@H](Cc2ccc(O)cc2)C(=O)N[C@@H](CO)C(=O)N(C)[C@@H](CCc2ccccc2)C(=O)N1C. The molecule has 14 amide bonds. The van der Waals surface area contributed by atoms with Crippen LogP contribution in [0.4, 0.5) is 4.39 Å². The van der Waals surface area contributed by atoms with Crippen LogP contribution in [0.5, 0.6) is 11.5 Å². The number of rotatable bonds is 28. The van der Waals surface area contributed by atoms with Crippen LogP contribution in [0.25, 0.3) is 21.8 Å². The first-order valence-corrected chi connectivity index (χ1v) is 41.0. The summed E-state index contributed by atoms with van der Waals surface area (Å²) in [6.45, 7) is 1.08. The summed E-state index contributed by atoms with van der Waals surface area (Å²) in [7, 11) is 5.09. The molecule has 1 aliphatic heterocycles. The van der Waals surface area contributed by atoms with E-state index in [0.29, 0.717) is 69.7 Å². The normalized spacial score (nSPS) is 21.2. The number of H-pyrrole nitrogens is 2. The van der Waals surface area contributed by atoms with Gasteiger partial charge in [-0.05, 0) is 166 Å². The number of carbonyl (C=O) groups excluding carboxylic acids is 14. The fourth-order valence-electron chi connectivity index (χ4n) is 15.1. The monoisotopic (exact) mass is 1690 g/mol. The summed E-state index contributed by atoms with van der Waals surface area (Å²) in [6, 6.07) is 13.8. The number of hydrogen-bond acceptors (Lipinski definition) is 18. The van der Waals surface area contributed by atoms with E-state index in [1.54, 1.807) is 73.1 Å². The minimum absolute atomic E-state index is 0.0596. The molecule has 654 valence electrons. The lowest BCUT2D eigenvalue weighted by Gasteiger charge is -2.36. The second-order valence-electron chi connectivity index (χ2n) is 31.3. The number of primary amides is 1. The number of amides is 14. The number of likely N-dealkylation sites (N-methyl/N-ethyl adjacent to an activating group) is 4. The van der Waals surface area contributed by atoms with Crippen molar-refractivity contribution in [1.82, 2.24) is 77.4 Å². The van der Waals surface area contributed by atoms with E-state index in [0.717, 1.165) is 44.2 Å². The van der Waals surface area contributed by atoms with Crippen molar-refractivity contribution in [2.75, 3.05) is 54.4 Å². The third kappa shape index (κ3) is 26.1. The van der Waals surface area contributed by atoms with E-state index in [2.05, 4.69) is 57.8 Å². The number of aromatic amines is 2. The summed E-state index contributed by atoms with van der Waals surface area (Å²) in [5, 5.41) is 57.9. The number of phenols is 2.